The highest BCUT2D eigenvalue weighted by Crippen LogP contribution is 2.17. The molecule has 0 fully saturated rings. The third kappa shape index (κ3) is 3.01. The Kier molecular flexibility index (Phi) is 3.67. The summed E-state index contributed by atoms with van der Waals surface area (Å²) in [5, 5.41) is 0. The Balaban J connectivity index is 2.11. The number of hydrogen-bond acceptors (Lipinski definition) is 4. The monoisotopic (exact) mass is 248 g/mol. The van der Waals surface area contributed by atoms with Crippen LogP contribution in [0.1, 0.15) is 10.4 Å². The van der Waals surface area contributed by atoms with E-state index < -0.39 is 0 Å². The Labute approximate surface area is 103 Å². The Morgan fingerprint density at radius 1 is 1.18 bits per heavy atom. The van der Waals surface area contributed by atoms with Gasteiger partial charge in [0.1, 0.15) is 5.75 Å². The van der Waals surface area contributed by atoms with E-state index >= 15 is 0 Å². The van der Waals surface area contributed by atoms with Crippen molar-refractivity contribution >= 4 is 17.4 Å². The first-order chi connectivity index (χ1) is 8.29. The molecule has 0 radical (unpaired) electrons. The van der Waals surface area contributed by atoms with Crippen molar-refractivity contribution in [2.24, 2.45) is 0 Å². The van der Waals surface area contributed by atoms with E-state index in [0.29, 0.717) is 11.3 Å². The molecule has 0 N–H and O–H groups in total. The third-order valence-corrected chi connectivity index (χ3v) is 2.29. The lowest BCUT2D eigenvalue weighted by Gasteiger charge is -2.03. The molecule has 0 amide bonds. The van der Waals surface area contributed by atoms with Gasteiger partial charge < -0.3 is 4.74 Å². The number of benzene rings is 1. The number of carbonyl (C=O) groups excluding carboxylic acids is 1. The number of hydrogen-bond donors (Lipinski definition) is 0. The van der Waals surface area contributed by atoms with Crippen LogP contribution in [0.15, 0.2) is 42.7 Å². The molecule has 17 heavy (non-hydrogen) atoms. The molecular formula is C12H9ClN2O2. The van der Waals surface area contributed by atoms with E-state index in [2.05, 4.69) is 9.97 Å². The van der Waals surface area contributed by atoms with Crippen molar-refractivity contribution in [1.29, 1.82) is 0 Å². The average Bonchev–Trinajstić information content (AvgIpc) is 2.40. The normalized spacial score (nSPS) is 9.94. The van der Waals surface area contributed by atoms with E-state index in [1.54, 1.807) is 42.7 Å². The second kappa shape index (κ2) is 5.41. The highest BCUT2D eigenvalue weighted by Gasteiger charge is 2.04. The van der Waals surface area contributed by atoms with Gasteiger partial charge in [0.05, 0.1) is 5.88 Å². The van der Waals surface area contributed by atoms with Crippen molar-refractivity contribution in [3.05, 3.63) is 48.3 Å². The van der Waals surface area contributed by atoms with Gasteiger partial charge in [-0.15, -0.1) is 11.6 Å². The molecule has 2 aromatic rings. The minimum atomic E-state index is -0.117. The van der Waals surface area contributed by atoms with Crippen LogP contribution in [0.5, 0.6) is 11.8 Å². The standard InChI is InChI=1S/C12H9ClN2O2/c13-8-11(16)9-2-4-10(5-3-9)17-12-14-6-1-7-15-12/h1-7H,8H2. The van der Waals surface area contributed by atoms with Crippen molar-refractivity contribution in [1.82, 2.24) is 9.97 Å². The molecule has 1 aromatic carbocycles. The number of Topliss-reactive ketones (excluding diaryl/α,β-unsaturated/α-hetero) is 1. The Morgan fingerprint density at radius 2 is 1.82 bits per heavy atom. The first kappa shape index (κ1) is 11.5. The first-order valence-corrected chi connectivity index (χ1v) is 5.47. The van der Waals surface area contributed by atoms with Gasteiger partial charge in [-0.25, -0.2) is 9.97 Å². The van der Waals surface area contributed by atoms with E-state index in [9.17, 15) is 4.79 Å². The lowest BCUT2D eigenvalue weighted by Crippen LogP contribution is -1.99. The first-order valence-electron chi connectivity index (χ1n) is 4.93. The Morgan fingerprint density at radius 3 is 2.41 bits per heavy atom. The highest BCUT2D eigenvalue weighted by atomic mass is 35.5. The quantitative estimate of drug-likeness (QED) is 0.617. The van der Waals surface area contributed by atoms with E-state index in [0.717, 1.165) is 0 Å². The number of alkyl halides is 1. The largest absolute Gasteiger partial charge is 0.424 e. The molecular weight excluding hydrogens is 240 g/mol. The fraction of sp³-hybridized carbons (Fsp3) is 0.0833. The van der Waals surface area contributed by atoms with Crippen LogP contribution < -0.4 is 4.74 Å². The lowest BCUT2D eigenvalue weighted by molar-refractivity contribution is 0.102. The number of aromatic nitrogens is 2. The summed E-state index contributed by atoms with van der Waals surface area (Å²) in [6.45, 7) is 0. The molecule has 1 aromatic heterocycles. The van der Waals surface area contributed by atoms with Gasteiger partial charge in [-0.1, -0.05) is 0 Å². The molecule has 0 saturated heterocycles. The maximum atomic E-state index is 11.3. The summed E-state index contributed by atoms with van der Waals surface area (Å²) in [4.78, 5) is 19.1. The maximum absolute atomic E-state index is 11.3. The Bertz CT molecular complexity index is 500. The van der Waals surface area contributed by atoms with Crippen molar-refractivity contribution in [2.75, 3.05) is 5.88 Å². The number of halogens is 1. The van der Waals surface area contributed by atoms with Crippen LogP contribution in [0, 0.1) is 0 Å². The average molecular weight is 249 g/mol. The van der Waals surface area contributed by atoms with E-state index in [4.69, 9.17) is 16.3 Å². The molecule has 0 bridgehead atoms. The molecule has 5 heteroatoms. The van der Waals surface area contributed by atoms with Gasteiger partial charge in [-0.05, 0) is 30.3 Å². The number of carbonyl (C=O) groups is 1. The SMILES string of the molecule is O=C(CCl)c1ccc(Oc2ncccn2)cc1. The van der Waals surface area contributed by atoms with Gasteiger partial charge in [0.25, 0.3) is 0 Å². The zero-order valence-corrected chi connectivity index (χ0v) is 9.59. The molecule has 0 aliphatic rings. The summed E-state index contributed by atoms with van der Waals surface area (Å²) < 4.78 is 5.38. The van der Waals surface area contributed by atoms with Crippen molar-refractivity contribution in [3.8, 4) is 11.8 Å². The molecule has 0 aliphatic heterocycles. The lowest BCUT2D eigenvalue weighted by atomic mass is 10.1. The van der Waals surface area contributed by atoms with Gasteiger partial charge in [0.2, 0.25) is 0 Å². The molecule has 0 spiro atoms. The number of ketones is 1. The van der Waals surface area contributed by atoms with Gasteiger partial charge in [0.15, 0.2) is 5.78 Å². The van der Waals surface area contributed by atoms with E-state index in [1.165, 1.54) is 0 Å². The second-order valence-corrected chi connectivity index (χ2v) is 3.48. The summed E-state index contributed by atoms with van der Waals surface area (Å²) >= 11 is 5.46. The smallest absolute Gasteiger partial charge is 0.321 e. The molecule has 0 saturated carbocycles. The summed E-state index contributed by atoms with van der Waals surface area (Å²) in [6.07, 6.45) is 3.18. The topological polar surface area (TPSA) is 52.1 Å². The molecule has 0 aliphatic carbocycles. The van der Waals surface area contributed by atoms with E-state index in [1.807, 2.05) is 0 Å². The predicted octanol–water partition coefficient (Wildman–Crippen LogP) is 2.69. The highest BCUT2D eigenvalue weighted by molar-refractivity contribution is 6.30. The van der Waals surface area contributed by atoms with Crippen LogP contribution in [0.2, 0.25) is 0 Å². The van der Waals surface area contributed by atoms with Crippen molar-refractivity contribution < 1.29 is 9.53 Å². The number of ether oxygens (including phenoxy) is 1. The minimum Gasteiger partial charge on any atom is -0.424 e. The summed E-state index contributed by atoms with van der Waals surface area (Å²) in [5.41, 5.74) is 0.557. The fourth-order valence-corrected chi connectivity index (χ4v) is 1.38. The number of nitrogens with zero attached hydrogens (tertiary/aromatic N) is 2. The molecule has 0 unspecified atom stereocenters. The molecule has 0 atom stereocenters. The predicted molar refractivity (Wildman–Crippen MR) is 63.6 cm³/mol. The van der Waals surface area contributed by atoms with Gasteiger partial charge >= 0.3 is 6.01 Å². The minimum absolute atomic E-state index is 0.0258. The van der Waals surface area contributed by atoms with Crippen LogP contribution in [0.25, 0.3) is 0 Å². The fourth-order valence-electron chi connectivity index (χ4n) is 1.23. The molecule has 2 rings (SSSR count). The second-order valence-electron chi connectivity index (χ2n) is 3.21. The Hall–Kier alpha value is -1.94. The van der Waals surface area contributed by atoms with Crippen LogP contribution in [0.3, 0.4) is 0 Å². The molecule has 86 valence electrons. The molecule has 1 heterocycles. The third-order valence-electron chi connectivity index (χ3n) is 2.05. The summed E-state index contributed by atoms with van der Waals surface area (Å²) in [7, 11) is 0. The van der Waals surface area contributed by atoms with Crippen molar-refractivity contribution in [3.63, 3.8) is 0 Å². The molecule has 4 nitrogen and oxygen atoms in total. The number of rotatable bonds is 4. The van der Waals surface area contributed by atoms with Gasteiger partial charge in [0, 0.05) is 18.0 Å². The van der Waals surface area contributed by atoms with E-state index in [-0.39, 0.29) is 17.7 Å². The zero-order chi connectivity index (χ0) is 12.1. The van der Waals surface area contributed by atoms with Gasteiger partial charge in [-0.2, -0.15) is 0 Å². The summed E-state index contributed by atoms with van der Waals surface area (Å²) in [6, 6.07) is 8.64. The van der Waals surface area contributed by atoms with Crippen LogP contribution >= 0.6 is 11.6 Å². The van der Waals surface area contributed by atoms with Gasteiger partial charge in [-0.3, -0.25) is 4.79 Å². The van der Waals surface area contributed by atoms with Crippen LogP contribution in [0.4, 0.5) is 0 Å². The van der Waals surface area contributed by atoms with Crippen LogP contribution in [-0.4, -0.2) is 21.6 Å². The summed E-state index contributed by atoms with van der Waals surface area (Å²) in [5.74, 6) is 0.429. The maximum Gasteiger partial charge on any atom is 0.321 e. The van der Waals surface area contributed by atoms with Crippen LogP contribution in [-0.2, 0) is 0 Å². The van der Waals surface area contributed by atoms with Crippen molar-refractivity contribution in [2.45, 2.75) is 0 Å². The zero-order valence-electron chi connectivity index (χ0n) is 8.84.